The summed E-state index contributed by atoms with van der Waals surface area (Å²) in [5, 5.41) is 3.29. The molecule has 0 aromatic heterocycles. The molecule has 1 aliphatic heterocycles. The molecule has 0 saturated carbocycles. The molecule has 5 heteroatoms. The zero-order chi connectivity index (χ0) is 23.2. The quantitative estimate of drug-likeness (QED) is 0.719. The number of piperidine rings is 1. The van der Waals surface area contributed by atoms with E-state index in [9.17, 15) is 9.59 Å². The largest absolute Gasteiger partial charge is 0.493 e. The van der Waals surface area contributed by atoms with Crippen molar-refractivity contribution in [2.24, 2.45) is 11.8 Å². The number of nitrogens with one attached hydrogen (secondary N) is 1. The molecule has 1 saturated heterocycles. The Bertz CT molecular complexity index is 965. The lowest BCUT2D eigenvalue weighted by atomic mass is 9.78. The van der Waals surface area contributed by atoms with Crippen molar-refractivity contribution in [1.82, 2.24) is 10.2 Å². The Kier molecular flexibility index (Phi) is 7.61. The third-order valence-electron chi connectivity index (χ3n) is 7.15. The predicted molar refractivity (Wildman–Crippen MR) is 129 cm³/mol. The van der Waals surface area contributed by atoms with Gasteiger partial charge in [0.25, 0.3) is 0 Å². The minimum absolute atomic E-state index is 0.00538. The number of allylic oxidation sites excluding steroid dienone is 1. The molecule has 1 fully saturated rings. The predicted octanol–water partition coefficient (Wildman–Crippen LogP) is 4.31. The number of carbonyl (C=O) groups excluding carboxylic acids is 2. The first-order valence-corrected chi connectivity index (χ1v) is 12.0. The number of ether oxygens (including phenoxy) is 1. The highest BCUT2D eigenvalue weighted by Gasteiger charge is 2.37. The molecule has 2 aliphatic rings. The summed E-state index contributed by atoms with van der Waals surface area (Å²) in [6.07, 6.45) is 3.96. The molecule has 0 spiro atoms. The van der Waals surface area contributed by atoms with Crippen LogP contribution in [-0.2, 0) is 20.9 Å². The molecule has 3 atom stereocenters. The summed E-state index contributed by atoms with van der Waals surface area (Å²) in [5.74, 6) is -0.179. The third kappa shape index (κ3) is 5.72. The van der Waals surface area contributed by atoms with Gasteiger partial charge in [-0.05, 0) is 41.9 Å². The molecule has 0 bridgehead atoms. The fourth-order valence-corrected chi connectivity index (χ4v) is 5.14. The molecule has 33 heavy (non-hydrogen) atoms. The zero-order valence-corrected chi connectivity index (χ0v) is 19.6. The van der Waals surface area contributed by atoms with Crippen molar-refractivity contribution in [2.75, 3.05) is 20.2 Å². The normalized spacial score (nSPS) is 24.6. The lowest BCUT2D eigenvalue weighted by Crippen LogP contribution is -2.47. The molecule has 1 N–H and O–H groups in total. The van der Waals surface area contributed by atoms with Gasteiger partial charge in [-0.15, -0.1) is 0 Å². The van der Waals surface area contributed by atoms with Gasteiger partial charge in [-0.1, -0.05) is 67.6 Å². The summed E-state index contributed by atoms with van der Waals surface area (Å²) >= 11 is 0. The van der Waals surface area contributed by atoms with Crippen molar-refractivity contribution < 1.29 is 14.3 Å². The minimum atomic E-state index is -0.404. The third-order valence-corrected chi connectivity index (χ3v) is 7.15. The monoisotopic (exact) mass is 446 g/mol. The van der Waals surface area contributed by atoms with Gasteiger partial charge >= 0.3 is 0 Å². The number of ketones is 1. The first-order chi connectivity index (χ1) is 16.0. The molecule has 2 aromatic rings. The van der Waals surface area contributed by atoms with E-state index in [1.165, 1.54) is 12.7 Å². The minimum Gasteiger partial charge on any atom is -0.493 e. The van der Waals surface area contributed by atoms with Crippen molar-refractivity contribution in [3.05, 3.63) is 83.6 Å². The standard InChI is InChI=1S/C28H34N2O3/c1-20-24(22-11-7-4-8-12-22)17-26(31)27(33-2)18-25(20)28(32)29-23-13-15-30(16-14-23)19-21-9-5-3-6-10-21/h3-12,18,20,23-25H,13-17,19H2,1-2H3,(H,29,32)/t20?,24?,25-/m0/s1. The maximum atomic E-state index is 13.4. The fraction of sp³-hybridized carbons (Fsp3) is 0.429. The zero-order valence-electron chi connectivity index (χ0n) is 19.6. The van der Waals surface area contributed by atoms with Crippen molar-refractivity contribution in [3.8, 4) is 0 Å². The molecule has 2 unspecified atom stereocenters. The van der Waals surface area contributed by atoms with E-state index in [0.717, 1.165) is 38.0 Å². The maximum absolute atomic E-state index is 13.4. The lowest BCUT2D eigenvalue weighted by Gasteiger charge is -2.34. The summed E-state index contributed by atoms with van der Waals surface area (Å²) in [6, 6.07) is 20.7. The number of likely N-dealkylation sites (tertiary alicyclic amines) is 1. The molecule has 5 nitrogen and oxygen atoms in total. The van der Waals surface area contributed by atoms with E-state index in [4.69, 9.17) is 4.74 Å². The van der Waals surface area contributed by atoms with E-state index in [1.54, 1.807) is 6.08 Å². The van der Waals surface area contributed by atoms with Gasteiger partial charge in [-0.2, -0.15) is 0 Å². The highest BCUT2D eigenvalue weighted by molar-refractivity contribution is 5.96. The summed E-state index contributed by atoms with van der Waals surface area (Å²) in [7, 11) is 1.51. The molecule has 1 aliphatic carbocycles. The summed E-state index contributed by atoms with van der Waals surface area (Å²) in [6.45, 7) is 4.95. The van der Waals surface area contributed by atoms with E-state index < -0.39 is 5.92 Å². The Morgan fingerprint density at radius 1 is 1.03 bits per heavy atom. The van der Waals surface area contributed by atoms with Crippen LogP contribution in [0.4, 0.5) is 0 Å². The van der Waals surface area contributed by atoms with E-state index in [2.05, 4.69) is 41.4 Å². The van der Waals surface area contributed by atoms with Crippen LogP contribution in [0.3, 0.4) is 0 Å². The molecule has 4 rings (SSSR count). The smallest absolute Gasteiger partial charge is 0.227 e. The Hall–Kier alpha value is -2.92. The highest BCUT2D eigenvalue weighted by Crippen LogP contribution is 2.38. The molecule has 0 radical (unpaired) electrons. The van der Waals surface area contributed by atoms with Gasteiger partial charge < -0.3 is 10.1 Å². The number of hydrogen-bond acceptors (Lipinski definition) is 4. The van der Waals surface area contributed by atoms with Crippen molar-refractivity contribution in [1.29, 1.82) is 0 Å². The number of hydrogen-bond donors (Lipinski definition) is 1. The number of rotatable bonds is 6. The number of benzene rings is 2. The Labute approximate surface area is 196 Å². The number of carbonyl (C=O) groups is 2. The molecule has 1 amide bonds. The van der Waals surface area contributed by atoms with Gasteiger partial charge in [0, 0.05) is 32.1 Å². The number of amides is 1. The Morgan fingerprint density at radius 3 is 2.30 bits per heavy atom. The Morgan fingerprint density at radius 2 is 1.67 bits per heavy atom. The average Bonchev–Trinajstić information content (AvgIpc) is 2.97. The summed E-state index contributed by atoms with van der Waals surface area (Å²) < 4.78 is 5.38. The molecular weight excluding hydrogens is 412 g/mol. The van der Waals surface area contributed by atoms with Crippen molar-refractivity contribution >= 4 is 11.7 Å². The molecular formula is C28H34N2O3. The van der Waals surface area contributed by atoms with Crippen molar-refractivity contribution in [3.63, 3.8) is 0 Å². The lowest BCUT2D eigenvalue weighted by molar-refractivity contribution is -0.126. The second-order valence-corrected chi connectivity index (χ2v) is 9.31. The molecule has 174 valence electrons. The van der Waals surface area contributed by atoms with Crippen LogP contribution >= 0.6 is 0 Å². The van der Waals surface area contributed by atoms with Crippen LogP contribution in [0.15, 0.2) is 72.5 Å². The van der Waals surface area contributed by atoms with E-state index in [1.807, 2.05) is 36.4 Å². The van der Waals surface area contributed by atoms with Crippen LogP contribution in [0.25, 0.3) is 0 Å². The van der Waals surface area contributed by atoms with Crippen molar-refractivity contribution in [2.45, 2.75) is 44.7 Å². The van der Waals surface area contributed by atoms with Crippen LogP contribution in [0.1, 0.15) is 43.2 Å². The molecule has 2 aromatic carbocycles. The van der Waals surface area contributed by atoms with Gasteiger partial charge in [0.1, 0.15) is 0 Å². The van der Waals surface area contributed by atoms with Gasteiger partial charge in [-0.3, -0.25) is 14.5 Å². The fourth-order valence-electron chi connectivity index (χ4n) is 5.14. The van der Waals surface area contributed by atoms with E-state index in [-0.39, 0.29) is 29.6 Å². The topological polar surface area (TPSA) is 58.6 Å². The number of Topliss-reactive ketones (excluding diaryl/α,β-unsaturated/α-hetero) is 1. The molecule has 1 heterocycles. The summed E-state index contributed by atoms with van der Waals surface area (Å²) in [5.41, 5.74) is 2.41. The van der Waals surface area contributed by atoms with E-state index in [0.29, 0.717) is 12.2 Å². The van der Waals surface area contributed by atoms with Gasteiger partial charge in [0.2, 0.25) is 5.91 Å². The first kappa shape index (κ1) is 23.2. The van der Waals surface area contributed by atoms with Crippen LogP contribution < -0.4 is 5.32 Å². The van der Waals surface area contributed by atoms with Crippen LogP contribution in [0, 0.1) is 11.8 Å². The maximum Gasteiger partial charge on any atom is 0.227 e. The van der Waals surface area contributed by atoms with Crippen LogP contribution in [0.5, 0.6) is 0 Å². The average molecular weight is 447 g/mol. The van der Waals surface area contributed by atoms with Crippen LogP contribution in [0.2, 0.25) is 0 Å². The number of methoxy groups -OCH3 is 1. The summed E-state index contributed by atoms with van der Waals surface area (Å²) in [4.78, 5) is 28.6. The van der Waals surface area contributed by atoms with E-state index >= 15 is 0 Å². The van der Waals surface area contributed by atoms with Gasteiger partial charge in [-0.25, -0.2) is 0 Å². The second kappa shape index (κ2) is 10.8. The first-order valence-electron chi connectivity index (χ1n) is 12.0. The van der Waals surface area contributed by atoms with Gasteiger partial charge in [0.05, 0.1) is 13.0 Å². The SMILES string of the molecule is COC1=C[C@H](C(=O)NC2CCN(Cc3ccccc3)CC2)C(C)C(c2ccccc2)CC1=O. The highest BCUT2D eigenvalue weighted by atomic mass is 16.5. The Balaban J connectivity index is 1.41. The van der Waals surface area contributed by atoms with Gasteiger partial charge in [0.15, 0.2) is 11.5 Å². The second-order valence-electron chi connectivity index (χ2n) is 9.31. The van der Waals surface area contributed by atoms with Crippen LogP contribution in [-0.4, -0.2) is 42.8 Å². The number of nitrogens with zero attached hydrogens (tertiary/aromatic N) is 1.